The molecule has 2 fully saturated rings. The highest BCUT2D eigenvalue weighted by Gasteiger charge is 2.48. The van der Waals surface area contributed by atoms with Gasteiger partial charge in [-0.1, -0.05) is 62.4 Å². The average molecular weight is 667 g/mol. The molecule has 1 saturated carbocycles. The van der Waals surface area contributed by atoms with Gasteiger partial charge in [-0.05, 0) is 58.9 Å². The van der Waals surface area contributed by atoms with E-state index in [-0.39, 0.29) is 18.7 Å². The second-order valence-corrected chi connectivity index (χ2v) is 15.1. The minimum absolute atomic E-state index is 0.0897. The van der Waals surface area contributed by atoms with Gasteiger partial charge < -0.3 is 35.7 Å². The number of alkyl carbamates (subject to hydrolysis) is 1. The Morgan fingerprint density at radius 1 is 1.02 bits per heavy atom. The number of benzene rings is 1. The number of aliphatic hydroxyl groups is 1. The van der Waals surface area contributed by atoms with Gasteiger partial charge in [0, 0.05) is 37.3 Å². The Morgan fingerprint density at radius 2 is 1.67 bits per heavy atom. The molecule has 0 bridgehead atoms. The van der Waals surface area contributed by atoms with Gasteiger partial charge in [0.15, 0.2) is 0 Å². The van der Waals surface area contributed by atoms with Crippen molar-refractivity contribution in [2.45, 2.75) is 128 Å². The van der Waals surface area contributed by atoms with Crippen LogP contribution in [0.4, 0.5) is 4.79 Å². The molecular weight excluding hydrogens is 612 g/mol. The second-order valence-electron chi connectivity index (χ2n) is 15.1. The van der Waals surface area contributed by atoms with Crippen molar-refractivity contribution in [1.29, 1.82) is 0 Å². The number of amides is 4. The Bertz CT molecular complexity index is 1370. The highest BCUT2D eigenvalue weighted by molar-refractivity contribution is 5.92. The summed E-state index contributed by atoms with van der Waals surface area (Å²) < 4.78 is 5.44. The molecule has 5 N–H and O–H groups in total. The summed E-state index contributed by atoms with van der Waals surface area (Å²) in [6.45, 7) is 9.15. The third kappa shape index (κ3) is 10.3. The van der Waals surface area contributed by atoms with Crippen LogP contribution < -0.4 is 16.0 Å². The summed E-state index contributed by atoms with van der Waals surface area (Å²) in [6.07, 6.45) is 7.80. The number of aromatic amines is 1. The fraction of sp³-hybridized carbons (Fsp3) is 0.639. The van der Waals surface area contributed by atoms with Gasteiger partial charge in [0.1, 0.15) is 17.7 Å². The van der Waals surface area contributed by atoms with Crippen molar-refractivity contribution in [1.82, 2.24) is 30.8 Å². The van der Waals surface area contributed by atoms with Crippen LogP contribution in [-0.2, 0) is 32.0 Å². The molecule has 0 spiro atoms. The van der Waals surface area contributed by atoms with E-state index < -0.39 is 59.2 Å². The van der Waals surface area contributed by atoms with Crippen molar-refractivity contribution in [3.63, 3.8) is 0 Å². The first-order chi connectivity index (χ1) is 22.6. The number of aromatic nitrogens is 2. The van der Waals surface area contributed by atoms with E-state index in [0.29, 0.717) is 24.5 Å². The number of rotatable bonds is 13. The molecule has 0 unspecified atom stereocenters. The number of nitrogens with zero attached hydrogens (tertiary/aromatic N) is 2. The van der Waals surface area contributed by atoms with Crippen LogP contribution in [0.2, 0.25) is 0 Å². The van der Waals surface area contributed by atoms with Gasteiger partial charge in [-0.2, -0.15) is 0 Å². The standard InChI is InChI=1S/C36H54N6O6/c1-35(2,3)48-34(47)41-28(18-24-15-11-8-12-16-24)31(44)40-29(19-25-21-37-22-38-25)32(45)39-27(17-23-13-9-7-10-14-23)30(43)26-20-36(4,5)42(6)33(26)46/h8,11-12,15-16,21-23,26-30,43H,7,9-10,13-14,17-20H2,1-6H3,(H,37,38)(H,39,45)(H,40,44)(H,41,47)/t26-,27+,28-,29-,30-/m0/s1. The lowest BCUT2D eigenvalue weighted by atomic mass is 9.80. The van der Waals surface area contributed by atoms with Crippen LogP contribution in [0, 0.1) is 11.8 Å². The maximum absolute atomic E-state index is 14.2. The van der Waals surface area contributed by atoms with Crippen LogP contribution in [0.25, 0.3) is 0 Å². The van der Waals surface area contributed by atoms with Crippen molar-refractivity contribution in [3.8, 4) is 0 Å². The van der Waals surface area contributed by atoms with Gasteiger partial charge in [0.25, 0.3) is 0 Å². The average Bonchev–Trinajstić information content (AvgIpc) is 3.61. The molecule has 12 nitrogen and oxygen atoms in total. The lowest BCUT2D eigenvalue weighted by molar-refractivity contribution is -0.136. The summed E-state index contributed by atoms with van der Waals surface area (Å²) in [5.41, 5.74) is 0.232. The Kier molecular flexibility index (Phi) is 12.3. The van der Waals surface area contributed by atoms with Gasteiger partial charge in [-0.25, -0.2) is 9.78 Å². The van der Waals surface area contributed by atoms with Gasteiger partial charge in [0.2, 0.25) is 17.7 Å². The van der Waals surface area contributed by atoms with E-state index >= 15 is 0 Å². The zero-order valence-corrected chi connectivity index (χ0v) is 29.3. The number of hydrogen-bond acceptors (Lipinski definition) is 7. The highest BCUT2D eigenvalue weighted by Crippen LogP contribution is 2.37. The molecule has 4 rings (SSSR count). The van der Waals surface area contributed by atoms with Gasteiger partial charge in [-0.15, -0.1) is 0 Å². The maximum Gasteiger partial charge on any atom is 0.408 e. The molecule has 0 radical (unpaired) electrons. The molecule has 5 atom stereocenters. The van der Waals surface area contributed by atoms with Crippen molar-refractivity contribution in [2.24, 2.45) is 11.8 Å². The number of likely N-dealkylation sites (tertiary alicyclic amines) is 1. The molecule has 2 aliphatic rings. The molecule has 1 saturated heterocycles. The molecule has 1 aromatic carbocycles. The van der Waals surface area contributed by atoms with E-state index in [0.717, 1.165) is 37.7 Å². The van der Waals surface area contributed by atoms with E-state index in [4.69, 9.17) is 4.74 Å². The molecular formula is C36H54N6O6. The van der Waals surface area contributed by atoms with E-state index in [1.165, 1.54) is 6.33 Å². The lowest BCUT2D eigenvalue weighted by Crippen LogP contribution is -2.58. The smallest absolute Gasteiger partial charge is 0.408 e. The molecule has 4 amide bonds. The normalized spacial score (nSPS) is 20.8. The van der Waals surface area contributed by atoms with Gasteiger partial charge in [0.05, 0.1) is 24.4 Å². The Labute approximate surface area is 284 Å². The number of carbonyl (C=O) groups is 4. The first-order valence-corrected chi connectivity index (χ1v) is 17.2. The van der Waals surface area contributed by atoms with Crippen LogP contribution in [0.3, 0.4) is 0 Å². The first kappa shape index (κ1) is 36.9. The van der Waals surface area contributed by atoms with Crippen molar-refractivity contribution in [3.05, 3.63) is 54.1 Å². The molecule has 2 heterocycles. The Hall–Kier alpha value is -3.93. The second kappa shape index (κ2) is 16.0. The summed E-state index contributed by atoms with van der Waals surface area (Å²) >= 11 is 0. The number of H-pyrrole nitrogens is 1. The molecule has 2 aromatic rings. The van der Waals surface area contributed by atoms with E-state index in [9.17, 15) is 24.3 Å². The number of imidazole rings is 1. The number of nitrogens with one attached hydrogen (secondary N) is 4. The SMILES string of the molecule is CN1C(=O)[C@H]([C@H](O)[C@@H](CC2CCCCC2)NC(=O)[C@H](Cc2cnc[nH]2)NC(=O)[C@H](Cc2ccccc2)NC(=O)OC(C)(C)C)CC1(C)C. The topological polar surface area (TPSA) is 166 Å². The highest BCUT2D eigenvalue weighted by atomic mass is 16.6. The van der Waals surface area contributed by atoms with Crippen LogP contribution in [0.1, 0.15) is 90.8 Å². The minimum atomic E-state index is -1.10. The molecule has 12 heteroatoms. The quantitative estimate of drug-likeness (QED) is 0.218. The number of hydrogen-bond donors (Lipinski definition) is 5. The number of aliphatic hydroxyl groups excluding tert-OH is 1. The van der Waals surface area contributed by atoms with Crippen LogP contribution in [0.5, 0.6) is 0 Å². The monoisotopic (exact) mass is 666 g/mol. The third-order valence-electron chi connectivity index (χ3n) is 9.64. The van der Waals surface area contributed by atoms with Gasteiger partial charge >= 0.3 is 6.09 Å². The third-order valence-corrected chi connectivity index (χ3v) is 9.64. The molecule has 1 aliphatic carbocycles. The largest absolute Gasteiger partial charge is 0.444 e. The van der Waals surface area contributed by atoms with Crippen molar-refractivity contribution < 1.29 is 29.0 Å². The molecule has 1 aliphatic heterocycles. The lowest BCUT2D eigenvalue weighted by Gasteiger charge is -2.33. The van der Waals surface area contributed by atoms with E-state index in [1.54, 1.807) is 38.9 Å². The predicted molar refractivity (Wildman–Crippen MR) is 182 cm³/mol. The summed E-state index contributed by atoms with van der Waals surface area (Å²) in [7, 11) is 1.75. The van der Waals surface area contributed by atoms with Crippen molar-refractivity contribution in [2.75, 3.05) is 7.05 Å². The van der Waals surface area contributed by atoms with Crippen molar-refractivity contribution >= 4 is 23.8 Å². The maximum atomic E-state index is 14.2. The molecule has 264 valence electrons. The summed E-state index contributed by atoms with van der Waals surface area (Å²) in [4.78, 5) is 62.9. The minimum Gasteiger partial charge on any atom is -0.444 e. The zero-order chi connectivity index (χ0) is 35.1. The predicted octanol–water partition coefficient (Wildman–Crippen LogP) is 3.65. The summed E-state index contributed by atoms with van der Waals surface area (Å²) in [5, 5.41) is 20.4. The van der Waals surface area contributed by atoms with Crippen LogP contribution in [-0.4, -0.2) is 86.2 Å². The zero-order valence-electron chi connectivity index (χ0n) is 29.3. The fourth-order valence-corrected chi connectivity index (χ4v) is 6.81. The van der Waals surface area contributed by atoms with E-state index in [1.807, 2.05) is 44.2 Å². The van der Waals surface area contributed by atoms with Gasteiger partial charge in [-0.3, -0.25) is 14.4 Å². The summed E-state index contributed by atoms with van der Waals surface area (Å²) in [5.74, 6) is -1.56. The Balaban J connectivity index is 1.57. The molecule has 1 aromatic heterocycles. The van der Waals surface area contributed by atoms with Crippen LogP contribution in [0.15, 0.2) is 42.9 Å². The van der Waals surface area contributed by atoms with Crippen LogP contribution >= 0.6 is 0 Å². The molecule has 48 heavy (non-hydrogen) atoms. The fourth-order valence-electron chi connectivity index (χ4n) is 6.81. The number of carbonyl (C=O) groups excluding carboxylic acids is 4. The Morgan fingerprint density at radius 3 is 2.25 bits per heavy atom. The number of ether oxygens (including phenoxy) is 1. The first-order valence-electron chi connectivity index (χ1n) is 17.2. The summed E-state index contributed by atoms with van der Waals surface area (Å²) in [6, 6.07) is 6.45. The van der Waals surface area contributed by atoms with E-state index in [2.05, 4.69) is 25.9 Å².